The van der Waals surface area contributed by atoms with Crippen LogP contribution in [0.2, 0.25) is 0 Å². The van der Waals surface area contributed by atoms with Crippen LogP contribution in [-0.4, -0.2) is 49.1 Å². The first-order valence-corrected chi connectivity index (χ1v) is 6.78. The highest BCUT2D eigenvalue weighted by Gasteiger charge is 2.39. The Labute approximate surface area is 114 Å². The third-order valence-corrected chi connectivity index (χ3v) is 3.54. The minimum Gasteiger partial charge on any atom is -0.368 e. The lowest BCUT2D eigenvalue weighted by Crippen LogP contribution is -2.61. The first-order chi connectivity index (χ1) is 9.00. The average Bonchev–Trinajstić information content (AvgIpc) is 2.36. The molecule has 1 aliphatic heterocycles. The number of primary amides is 1. The highest BCUT2D eigenvalue weighted by atomic mass is 16.1. The summed E-state index contributed by atoms with van der Waals surface area (Å²) in [6.45, 7) is 7.99. The number of hydrogen-bond donors (Lipinski definition) is 2. The SMILES string of the molecule is CC(C)CN1CCC(NCCN=[N+]=[N-])(C(N)=O)CC1. The number of amides is 1. The summed E-state index contributed by atoms with van der Waals surface area (Å²) in [4.78, 5) is 16.8. The molecule has 3 N–H and O–H groups in total. The van der Waals surface area contributed by atoms with Crippen molar-refractivity contribution in [1.29, 1.82) is 0 Å². The first kappa shape index (κ1) is 15.8. The number of likely N-dealkylation sites (tertiary alicyclic amines) is 1. The number of piperidine rings is 1. The molecule has 7 nitrogen and oxygen atoms in total. The van der Waals surface area contributed by atoms with Crippen molar-refractivity contribution in [1.82, 2.24) is 10.2 Å². The quantitative estimate of drug-likeness (QED) is 0.309. The van der Waals surface area contributed by atoms with Crippen molar-refractivity contribution in [2.75, 3.05) is 32.7 Å². The molecule has 1 heterocycles. The van der Waals surface area contributed by atoms with E-state index in [2.05, 4.69) is 34.1 Å². The lowest BCUT2D eigenvalue weighted by molar-refractivity contribution is -0.126. The van der Waals surface area contributed by atoms with Crippen LogP contribution in [0.4, 0.5) is 0 Å². The normalized spacial score (nSPS) is 19.1. The zero-order valence-electron chi connectivity index (χ0n) is 11.8. The highest BCUT2D eigenvalue weighted by Crippen LogP contribution is 2.22. The van der Waals surface area contributed by atoms with E-state index in [1.807, 2.05) is 0 Å². The van der Waals surface area contributed by atoms with Gasteiger partial charge < -0.3 is 16.0 Å². The van der Waals surface area contributed by atoms with Crippen molar-refractivity contribution >= 4 is 5.91 Å². The maximum Gasteiger partial charge on any atom is 0.237 e. The molecule has 1 rings (SSSR count). The van der Waals surface area contributed by atoms with Crippen molar-refractivity contribution in [3.05, 3.63) is 10.4 Å². The molecule has 0 aromatic rings. The Balaban J connectivity index is 2.51. The number of nitrogens with one attached hydrogen (secondary N) is 1. The van der Waals surface area contributed by atoms with Gasteiger partial charge in [-0.3, -0.25) is 4.79 Å². The van der Waals surface area contributed by atoms with E-state index in [4.69, 9.17) is 11.3 Å². The molecule has 108 valence electrons. The molecule has 1 fully saturated rings. The minimum absolute atomic E-state index is 0.308. The predicted octanol–water partition coefficient (Wildman–Crippen LogP) is 0.862. The van der Waals surface area contributed by atoms with Gasteiger partial charge in [-0.25, -0.2) is 0 Å². The van der Waals surface area contributed by atoms with Gasteiger partial charge in [0, 0.05) is 37.6 Å². The maximum absolute atomic E-state index is 11.7. The summed E-state index contributed by atoms with van der Waals surface area (Å²) >= 11 is 0. The Morgan fingerprint density at radius 2 is 2.16 bits per heavy atom. The van der Waals surface area contributed by atoms with E-state index in [9.17, 15) is 4.79 Å². The molecule has 1 aliphatic rings. The van der Waals surface area contributed by atoms with E-state index in [0.29, 0.717) is 31.8 Å². The second-order valence-electron chi connectivity index (χ2n) is 5.52. The Morgan fingerprint density at radius 1 is 1.53 bits per heavy atom. The molecule has 1 saturated heterocycles. The van der Waals surface area contributed by atoms with Crippen LogP contribution in [0.5, 0.6) is 0 Å². The average molecular weight is 268 g/mol. The van der Waals surface area contributed by atoms with Gasteiger partial charge in [-0.2, -0.15) is 0 Å². The second kappa shape index (κ2) is 7.33. The minimum atomic E-state index is -0.640. The van der Waals surface area contributed by atoms with Gasteiger partial charge in [0.25, 0.3) is 0 Å². The molecule has 0 atom stereocenters. The van der Waals surface area contributed by atoms with Gasteiger partial charge in [0.15, 0.2) is 0 Å². The summed E-state index contributed by atoms with van der Waals surface area (Å²) in [5.74, 6) is 0.316. The number of nitrogens with two attached hydrogens (primary N) is 1. The molecule has 1 amide bonds. The van der Waals surface area contributed by atoms with Crippen LogP contribution in [0.15, 0.2) is 5.11 Å². The van der Waals surface area contributed by atoms with Crippen LogP contribution in [-0.2, 0) is 4.79 Å². The number of azide groups is 1. The van der Waals surface area contributed by atoms with Crippen LogP contribution in [0.25, 0.3) is 10.4 Å². The van der Waals surface area contributed by atoms with Gasteiger partial charge in [0.2, 0.25) is 5.91 Å². The second-order valence-corrected chi connectivity index (χ2v) is 5.52. The summed E-state index contributed by atoms with van der Waals surface area (Å²) in [7, 11) is 0. The zero-order chi connectivity index (χ0) is 14.3. The van der Waals surface area contributed by atoms with E-state index in [0.717, 1.165) is 19.6 Å². The fourth-order valence-electron chi connectivity index (χ4n) is 2.53. The predicted molar refractivity (Wildman–Crippen MR) is 74.5 cm³/mol. The molecule has 0 aromatic heterocycles. The molecule has 0 spiro atoms. The summed E-state index contributed by atoms with van der Waals surface area (Å²) in [6.07, 6.45) is 1.43. The number of carbonyl (C=O) groups is 1. The highest BCUT2D eigenvalue weighted by molar-refractivity contribution is 5.84. The van der Waals surface area contributed by atoms with Gasteiger partial charge in [-0.1, -0.05) is 19.0 Å². The summed E-state index contributed by atoms with van der Waals surface area (Å²) in [5, 5.41) is 6.63. The van der Waals surface area contributed by atoms with Crippen molar-refractivity contribution in [2.45, 2.75) is 32.2 Å². The fraction of sp³-hybridized carbons (Fsp3) is 0.917. The lowest BCUT2D eigenvalue weighted by atomic mass is 9.86. The number of carbonyl (C=O) groups excluding carboxylic acids is 1. The van der Waals surface area contributed by atoms with Crippen LogP contribution in [0.3, 0.4) is 0 Å². The Hall–Kier alpha value is -1.30. The summed E-state index contributed by atoms with van der Waals surface area (Å²) in [6, 6.07) is 0. The van der Waals surface area contributed by atoms with Crippen LogP contribution in [0, 0.1) is 5.92 Å². The van der Waals surface area contributed by atoms with Gasteiger partial charge in [-0.15, -0.1) is 0 Å². The standard InChI is InChI=1S/C12H24N6O/c1-10(2)9-18-7-3-12(4-8-18,11(13)19)15-5-6-16-17-14/h10,15H,3-9H2,1-2H3,(H2,13,19). The molecule has 19 heavy (non-hydrogen) atoms. The van der Waals surface area contributed by atoms with Crippen LogP contribution >= 0.6 is 0 Å². The van der Waals surface area contributed by atoms with Gasteiger partial charge >= 0.3 is 0 Å². The van der Waals surface area contributed by atoms with E-state index >= 15 is 0 Å². The van der Waals surface area contributed by atoms with Gasteiger partial charge in [0.1, 0.15) is 5.54 Å². The topological polar surface area (TPSA) is 107 Å². The molecule has 0 aliphatic carbocycles. The van der Waals surface area contributed by atoms with Crippen LogP contribution < -0.4 is 11.1 Å². The van der Waals surface area contributed by atoms with Crippen LogP contribution in [0.1, 0.15) is 26.7 Å². The fourth-order valence-corrected chi connectivity index (χ4v) is 2.53. The van der Waals surface area contributed by atoms with Crippen molar-refractivity contribution in [2.24, 2.45) is 16.8 Å². The molecular weight excluding hydrogens is 244 g/mol. The van der Waals surface area contributed by atoms with E-state index < -0.39 is 5.54 Å². The van der Waals surface area contributed by atoms with Crippen molar-refractivity contribution in [3.63, 3.8) is 0 Å². The monoisotopic (exact) mass is 268 g/mol. The van der Waals surface area contributed by atoms with Gasteiger partial charge in [-0.05, 0) is 24.3 Å². The maximum atomic E-state index is 11.7. The largest absolute Gasteiger partial charge is 0.368 e. The van der Waals surface area contributed by atoms with Gasteiger partial charge in [0.05, 0.1) is 0 Å². The van der Waals surface area contributed by atoms with Crippen molar-refractivity contribution in [3.8, 4) is 0 Å². The Morgan fingerprint density at radius 3 is 2.63 bits per heavy atom. The number of rotatable bonds is 7. The first-order valence-electron chi connectivity index (χ1n) is 6.78. The molecular formula is C12H24N6O. The number of nitrogens with zero attached hydrogens (tertiary/aromatic N) is 4. The third kappa shape index (κ3) is 4.70. The summed E-state index contributed by atoms with van der Waals surface area (Å²) in [5.41, 5.74) is 13.1. The summed E-state index contributed by atoms with van der Waals surface area (Å²) < 4.78 is 0. The third-order valence-electron chi connectivity index (χ3n) is 3.54. The smallest absolute Gasteiger partial charge is 0.237 e. The van der Waals surface area contributed by atoms with E-state index in [1.165, 1.54) is 0 Å². The Kier molecular flexibility index (Phi) is 6.08. The number of hydrogen-bond acceptors (Lipinski definition) is 4. The lowest BCUT2D eigenvalue weighted by Gasteiger charge is -2.40. The molecule has 0 bridgehead atoms. The Bertz CT molecular complexity index is 342. The molecule has 0 unspecified atom stereocenters. The molecule has 7 heteroatoms. The van der Waals surface area contributed by atoms with E-state index in [1.54, 1.807) is 0 Å². The molecule has 0 saturated carbocycles. The van der Waals surface area contributed by atoms with Crippen molar-refractivity contribution < 1.29 is 4.79 Å². The van der Waals surface area contributed by atoms with E-state index in [-0.39, 0.29) is 5.91 Å². The zero-order valence-corrected chi connectivity index (χ0v) is 11.8. The molecule has 0 radical (unpaired) electrons. The molecule has 0 aromatic carbocycles.